The Hall–Kier alpha value is -0.860. The first-order valence-electron chi connectivity index (χ1n) is 6.76. The van der Waals surface area contributed by atoms with Gasteiger partial charge < -0.3 is 4.74 Å². The van der Waals surface area contributed by atoms with Crippen LogP contribution in [0.1, 0.15) is 31.7 Å². The van der Waals surface area contributed by atoms with E-state index in [1.54, 1.807) is 0 Å². The Morgan fingerprint density at radius 2 is 2.06 bits per heavy atom. The zero-order valence-corrected chi connectivity index (χ0v) is 10.5. The molecule has 0 amide bonds. The molecule has 0 aromatic heterocycles. The first-order chi connectivity index (χ1) is 8.34. The average molecular weight is 231 g/mol. The van der Waals surface area contributed by atoms with Crippen LogP contribution in [0.3, 0.4) is 0 Å². The molecule has 1 aromatic carbocycles. The Balaban J connectivity index is 1.75. The van der Waals surface area contributed by atoms with Gasteiger partial charge in [0.05, 0.1) is 12.7 Å². The Morgan fingerprint density at radius 3 is 2.88 bits per heavy atom. The molecule has 3 rings (SSSR count). The third-order valence-electron chi connectivity index (χ3n) is 4.17. The van der Waals surface area contributed by atoms with Crippen LogP contribution in [0.4, 0.5) is 0 Å². The van der Waals surface area contributed by atoms with E-state index in [1.807, 2.05) is 0 Å². The van der Waals surface area contributed by atoms with E-state index in [-0.39, 0.29) is 0 Å². The summed E-state index contributed by atoms with van der Waals surface area (Å²) in [5, 5.41) is 0. The minimum absolute atomic E-state index is 0.495. The number of hydrogen-bond acceptors (Lipinski definition) is 2. The average Bonchev–Trinajstić information content (AvgIpc) is 2.83. The highest BCUT2D eigenvalue weighted by atomic mass is 16.5. The quantitative estimate of drug-likeness (QED) is 0.776. The number of fused-ring (bicyclic) bond motifs is 1. The van der Waals surface area contributed by atoms with Crippen LogP contribution in [0.5, 0.6) is 0 Å². The minimum Gasteiger partial charge on any atom is -0.375 e. The standard InChI is InChI=1S/C15H21NO/c1-12-11-17-15-9-5-8-14(15)16(12)10-13-6-3-2-4-7-13/h2-4,6-7,12,14-15H,5,8-11H2,1H3/t12?,14-,15-/m1/s1. The van der Waals surface area contributed by atoms with E-state index in [1.165, 1.54) is 24.8 Å². The highest BCUT2D eigenvalue weighted by Crippen LogP contribution is 2.32. The van der Waals surface area contributed by atoms with Crippen LogP contribution in [0, 0.1) is 0 Å². The molecular weight excluding hydrogens is 210 g/mol. The van der Waals surface area contributed by atoms with E-state index >= 15 is 0 Å². The Bertz CT molecular complexity index is 364. The molecule has 0 N–H and O–H groups in total. The van der Waals surface area contributed by atoms with Crippen LogP contribution in [0.15, 0.2) is 30.3 Å². The summed E-state index contributed by atoms with van der Waals surface area (Å²) in [5.41, 5.74) is 1.42. The van der Waals surface area contributed by atoms with E-state index < -0.39 is 0 Å². The van der Waals surface area contributed by atoms with Crippen LogP contribution in [0.25, 0.3) is 0 Å². The smallest absolute Gasteiger partial charge is 0.0731 e. The van der Waals surface area contributed by atoms with Gasteiger partial charge in [0.2, 0.25) is 0 Å². The van der Waals surface area contributed by atoms with Gasteiger partial charge in [0.1, 0.15) is 0 Å². The molecule has 1 heterocycles. The summed E-state index contributed by atoms with van der Waals surface area (Å²) >= 11 is 0. The molecule has 1 aliphatic carbocycles. The highest BCUT2D eigenvalue weighted by Gasteiger charge is 2.38. The summed E-state index contributed by atoms with van der Waals surface area (Å²) in [7, 11) is 0. The van der Waals surface area contributed by atoms with Gasteiger partial charge in [-0.15, -0.1) is 0 Å². The molecule has 3 atom stereocenters. The summed E-state index contributed by atoms with van der Waals surface area (Å²) in [6.07, 6.45) is 4.38. The molecule has 1 unspecified atom stereocenters. The van der Waals surface area contributed by atoms with Gasteiger partial charge in [-0.3, -0.25) is 4.90 Å². The molecule has 2 nitrogen and oxygen atoms in total. The van der Waals surface area contributed by atoms with E-state index in [0.29, 0.717) is 18.2 Å². The van der Waals surface area contributed by atoms with Crippen molar-refractivity contribution in [2.45, 2.75) is 50.9 Å². The van der Waals surface area contributed by atoms with E-state index in [0.717, 1.165) is 13.2 Å². The molecule has 2 fully saturated rings. The van der Waals surface area contributed by atoms with Gasteiger partial charge in [-0.05, 0) is 31.7 Å². The van der Waals surface area contributed by atoms with Gasteiger partial charge in [0, 0.05) is 18.6 Å². The molecule has 1 aromatic rings. The molecule has 1 aliphatic heterocycles. The molecule has 0 spiro atoms. The second-order valence-electron chi connectivity index (χ2n) is 5.38. The Labute approximate surface area is 104 Å². The normalized spacial score (nSPS) is 33.6. The van der Waals surface area contributed by atoms with E-state index in [4.69, 9.17) is 4.74 Å². The van der Waals surface area contributed by atoms with Gasteiger partial charge in [0.25, 0.3) is 0 Å². The van der Waals surface area contributed by atoms with Gasteiger partial charge in [-0.1, -0.05) is 30.3 Å². The van der Waals surface area contributed by atoms with Crippen molar-refractivity contribution >= 4 is 0 Å². The molecule has 2 heteroatoms. The van der Waals surface area contributed by atoms with Crippen LogP contribution >= 0.6 is 0 Å². The van der Waals surface area contributed by atoms with Crippen LogP contribution in [0.2, 0.25) is 0 Å². The second-order valence-corrected chi connectivity index (χ2v) is 5.38. The second kappa shape index (κ2) is 4.79. The number of hydrogen-bond donors (Lipinski definition) is 0. The summed E-state index contributed by atoms with van der Waals surface area (Å²) in [5.74, 6) is 0. The zero-order valence-electron chi connectivity index (χ0n) is 10.5. The lowest BCUT2D eigenvalue weighted by Crippen LogP contribution is -2.52. The number of ether oxygens (including phenoxy) is 1. The maximum atomic E-state index is 5.94. The molecule has 0 radical (unpaired) electrons. The topological polar surface area (TPSA) is 12.5 Å². The van der Waals surface area contributed by atoms with Gasteiger partial charge in [0.15, 0.2) is 0 Å². The highest BCUT2D eigenvalue weighted by molar-refractivity contribution is 5.15. The first-order valence-corrected chi connectivity index (χ1v) is 6.76. The van der Waals surface area contributed by atoms with Crippen molar-refractivity contribution in [2.75, 3.05) is 6.61 Å². The third-order valence-corrected chi connectivity index (χ3v) is 4.17. The molecule has 2 aliphatic rings. The monoisotopic (exact) mass is 231 g/mol. The molecule has 17 heavy (non-hydrogen) atoms. The SMILES string of the molecule is CC1CO[C@@H]2CCC[C@H]2N1Cc1ccccc1. The van der Waals surface area contributed by atoms with Gasteiger partial charge in [-0.25, -0.2) is 0 Å². The first kappa shape index (κ1) is 11.2. The predicted molar refractivity (Wildman–Crippen MR) is 68.8 cm³/mol. The van der Waals surface area contributed by atoms with Crippen LogP contribution in [-0.4, -0.2) is 29.7 Å². The zero-order chi connectivity index (χ0) is 11.7. The van der Waals surface area contributed by atoms with Crippen LogP contribution < -0.4 is 0 Å². The maximum Gasteiger partial charge on any atom is 0.0731 e. The lowest BCUT2D eigenvalue weighted by atomic mass is 10.1. The maximum absolute atomic E-state index is 5.94. The van der Waals surface area contributed by atoms with Crippen molar-refractivity contribution in [3.05, 3.63) is 35.9 Å². The fourth-order valence-corrected chi connectivity index (χ4v) is 3.23. The van der Waals surface area contributed by atoms with Crippen LogP contribution in [-0.2, 0) is 11.3 Å². The van der Waals surface area contributed by atoms with Gasteiger partial charge >= 0.3 is 0 Å². The van der Waals surface area contributed by atoms with Crippen molar-refractivity contribution in [1.82, 2.24) is 4.90 Å². The van der Waals surface area contributed by atoms with Crippen molar-refractivity contribution < 1.29 is 4.74 Å². The van der Waals surface area contributed by atoms with Crippen molar-refractivity contribution in [3.8, 4) is 0 Å². The van der Waals surface area contributed by atoms with Crippen molar-refractivity contribution in [2.24, 2.45) is 0 Å². The van der Waals surface area contributed by atoms with Crippen molar-refractivity contribution in [3.63, 3.8) is 0 Å². The Morgan fingerprint density at radius 1 is 1.24 bits per heavy atom. The number of rotatable bonds is 2. The predicted octanol–water partition coefficient (Wildman–Crippen LogP) is 2.83. The van der Waals surface area contributed by atoms with Crippen molar-refractivity contribution in [1.29, 1.82) is 0 Å². The number of morpholine rings is 1. The molecule has 1 saturated carbocycles. The number of nitrogens with zero attached hydrogens (tertiary/aromatic N) is 1. The molecule has 0 bridgehead atoms. The van der Waals surface area contributed by atoms with Gasteiger partial charge in [-0.2, -0.15) is 0 Å². The summed E-state index contributed by atoms with van der Waals surface area (Å²) in [6.45, 7) is 4.26. The third kappa shape index (κ3) is 2.24. The lowest BCUT2D eigenvalue weighted by Gasteiger charge is -2.42. The molecule has 1 saturated heterocycles. The molecule has 92 valence electrons. The summed E-state index contributed by atoms with van der Waals surface area (Å²) in [6, 6.07) is 12.0. The lowest BCUT2D eigenvalue weighted by molar-refractivity contribution is -0.0887. The van der Waals surface area contributed by atoms with E-state index in [2.05, 4.69) is 42.2 Å². The summed E-state index contributed by atoms with van der Waals surface area (Å²) < 4.78 is 5.94. The molecular formula is C15H21NO. The largest absolute Gasteiger partial charge is 0.375 e. The minimum atomic E-state index is 0.495. The summed E-state index contributed by atoms with van der Waals surface area (Å²) in [4.78, 5) is 2.65. The number of benzene rings is 1. The Kier molecular flexibility index (Phi) is 3.17. The van der Waals surface area contributed by atoms with E-state index in [9.17, 15) is 0 Å². The fraction of sp³-hybridized carbons (Fsp3) is 0.600. The fourth-order valence-electron chi connectivity index (χ4n) is 3.23.